The lowest BCUT2D eigenvalue weighted by Gasteiger charge is -2.08. The van der Waals surface area contributed by atoms with E-state index in [0.29, 0.717) is 6.54 Å². The van der Waals surface area contributed by atoms with Gasteiger partial charge in [0.2, 0.25) is 0 Å². The van der Waals surface area contributed by atoms with Crippen LogP contribution in [0.3, 0.4) is 0 Å². The van der Waals surface area contributed by atoms with Gasteiger partial charge in [-0.25, -0.2) is 0 Å². The first-order chi connectivity index (χ1) is 10.8. The molecular weight excluding hydrogens is 270 g/mol. The first-order valence-electron chi connectivity index (χ1n) is 7.43. The van der Waals surface area contributed by atoms with Gasteiger partial charge in [-0.2, -0.15) is 0 Å². The lowest BCUT2D eigenvalue weighted by molar-refractivity contribution is 0.482. The van der Waals surface area contributed by atoms with E-state index in [2.05, 4.69) is 36.4 Å². The first-order valence-corrected chi connectivity index (χ1v) is 7.43. The molecule has 0 saturated carbocycles. The monoisotopic (exact) mass is 289 g/mol. The van der Waals surface area contributed by atoms with Gasteiger partial charge in [-0.3, -0.25) is 0 Å². The predicted octanol–water partition coefficient (Wildman–Crippen LogP) is 4.53. The Balaban J connectivity index is 1.66. The summed E-state index contributed by atoms with van der Waals surface area (Å²) in [4.78, 5) is 0. The third-order valence-corrected chi connectivity index (χ3v) is 3.57. The van der Waals surface area contributed by atoms with Crippen molar-refractivity contribution < 1.29 is 4.74 Å². The molecule has 3 aromatic carbocycles. The zero-order valence-electron chi connectivity index (χ0n) is 12.4. The average Bonchev–Trinajstić information content (AvgIpc) is 2.58. The van der Waals surface area contributed by atoms with Crippen molar-refractivity contribution in [2.75, 3.05) is 0 Å². The van der Waals surface area contributed by atoms with Crippen molar-refractivity contribution >= 4 is 0 Å². The summed E-state index contributed by atoms with van der Waals surface area (Å²) in [5.74, 6) is 1.67. The summed E-state index contributed by atoms with van der Waals surface area (Å²) >= 11 is 0. The summed E-state index contributed by atoms with van der Waals surface area (Å²) in [5.41, 5.74) is 9.28. The molecule has 0 heterocycles. The van der Waals surface area contributed by atoms with E-state index in [-0.39, 0.29) is 0 Å². The second-order valence-corrected chi connectivity index (χ2v) is 5.26. The highest BCUT2D eigenvalue weighted by Gasteiger charge is 2.00. The smallest absolute Gasteiger partial charge is 0.127 e. The zero-order valence-corrected chi connectivity index (χ0v) is 12.4. The number of rotatable bonds is 5. The Kier molecular flexibility index (Phi) is 4.52. The quantitative estimate of drug-likeness (QED) is 0.749. The fraction of sp³-hybridized carbons (Fsp3) is 0.100. The van der Waals surface area contributed by atoms with Gasteiger partial charge in [0, 0.05) is 6.54 Å². The molecule has 2 heteroatoms. The molecule has 0 bridgehead atoms. The summed E-state index contributed by atoms with van der Waals surface area (Å²) < 4.78 is 5.84. The molecule has 0 atom stereocenters. The van der Waals surface area contributed by atoms with Crippen LogP contribution in [0.2, 0.25) is 0 Å². The minimum absolute atomic E-state index is 0.550. The molecule has 0 aliphatic rings. The number of nitrogens with two attached hydrogens (primary N) is 1. The zero-order chi connectivity index (χ0) is 15.2. The Bertz CT molecular complexity index is 703. The van der Waals surface area contributed by atoms with Crippen LogP contribution < -0.4 is 10.5 Å². The molecule has 0 saturated heterocycles. The van der Waals surface area contributed by atoms with Crippen LogP contribution in [0.1, 0.15) is 16.7 Å². The lowest BCUT2D eigenvalue weighted by atomic mass is 10.1. The molecule has 0 spiro atoms. The van der Waals surface area contributed by atoms with E-state index >= 15 is 0 Å². The minimum Gasteiger partial charge on any atom is -0.457 e. The van der Waals surface area contributed by atoms with Crippen molar-refractivity contribution in [2.45, 2.75) is 13.0 Å². The van der Waals surface area contributed by atoms with Gasteiger partial charge in [0.25, 0.3) is 0 Å². The normalized spacial score (nSPS) is 10.4. The van der Waals surface area contributed by atoms with Crippen LogP contribution in [0.4, 0.5) is 0 Å². The van der Waals surface area contributed by atoms with Gasteiger partial charge in [0.15, 0.2) is 0 Å². The largest absolute Gasteiger partial charge is 0.457 e. The third kappa shape index (κ3) is 3.74. The maximum atomic E-state index is 5.84. The van der Waals surface area contributed by atoms with Crippen LogP contribution in [-0.2, 0) is 13.0 Å². The summed E-state index contributed by atoms with van der Waals surface area (Å²) in [6, 6.07) is 26.6. The van der Waals surface area contributed by atoms with Crippen molar-refractivity contribution in [3.63, 3.8) is 0 Å². The van der Waals surface area contributed by atoms with E-state index in [1.165, 1.54) is 11.1 Å². The summed E-state index contributed by atoms with van der Waals surface area (Å²) in [5, 5.41) is 0. The Morgan fingerprint density at radius 2 is 1.09 bits per heavy atom. The Hall–Kier alpha value is -2.58. The summed E-state index contributed by atoms with van der Waals surface area (Å²) in [6.07, 6.45) is 0.937. The van der Waals surface area contributed by atoms with Crippen LogP contribution in [0.15, 0.2) is 78.9 Å². The molecular formula is C20H19NO. The lowest BCUT2D eigenvalue weighted by Crippen LogP contribution is -1.95. The highest BCUT2D eigenvalue weighted by Crippen LogP contribution is 2.22. The second kappa shape index (κ2) is 6.92. The molecule has 3 aromatic rings. The van der Waals surface area contributed by atoms with Crippen LogP contribution in [0, 0.1) is 0 Å². The van der Waals surface area contributed by atoms with Gasteiger partial charge >= 0.3 is 0 Å². The maximum Gasteiger partial charge on any atom is 0.127 e. The highest BCUT2D eigenvalue weighted by atomic mass is 16.5. The fourth-order valence-electron chi connectivity index (χ4n) is 2.34. The van der Waals surface area contributed by atoms with E-state index in [1.54, 1.807) is 0 Å². The molecule has 110 valence electrons. The molecule has 0 fully saturated rings. The van der Waals surface area contributed by atoms with Gasteiger partial charge in [-0.1, -0.05) is 54.6 Å². The van der Waals surface area contributed by atoms with Gasteiger partial charge in [-0.05, 0) is 47.4 Å². The minimum atomic E-state index is 0.550. The summed E-state index contributed by atoms with van der Waals surface area (Å²) in [7, 11) is 0. The molecule has 3 rings (SSSR count). The van der Waals surface area contributed by atoms with Crippen molar-refractivity contribution in [3.8, 4) is 11.5 Å². The van der Waals surface area contributed by atoms with Gasteiger partial charge in [0.1, 0.15) is 11.5 Å². The SMILES string of the molecule is NCc1ccc(Oc2ccc(Cc3ccccc3)cc2)cc1. The molecule has 2 nitrogen and oxygen atoms in total. The molecule has 22 heavy (non-hydrogen) atoms. The van der Waals surface area contributed by atoms with E-state index in [1.807, 2.05) is 42.5 Å². The topological polar surface area (TPSA) is 35.2 Å². The Labute approximate surface area is 131 Å². The van der Waals surface area contributed by atoms with E-state index < -0.39 is 0 Å². The first kappa shape index (κ1) is 14.4. The van der Waals surface area contributed by atoms with Gasteiger partial charge in [0.05, 0.1) is 0 Å². The van der Waals surface area contributed by atoms with Crippen LogP contribution >= 0.6 is 0 Å². The van der Waals surface area contributed by atoms with E-state index in [4.69, 9.17) is 10.5 Å². The molecule has 0 amide bonds. The standard InChI is InChI=1S/C20H19NO/c21-15-18-8-12-20(13-9-18)22-19-10-6-17(7-11-19)14-16-4-2-1-3-5-16/h1-13H,14-15,21H2. The van der Waals surface area contributed by atoms with Crippen LogP contribution in [0.25, 0.3) is 0 Å². The Morgan fingerprint density at radius 1 is 0.591 bits per heavy atom. The van der Waals surface area contributed by atoms with Crippen LogP contribution in [-0.4, -0.2) is 0 Å². The molecule has 0 aliphatic heterocycles. The van der Waals surface area contributed by atoms with Crippen molar-refractivity contribution in [1.29, 1.82) is 0 Å². The van der Waals surface area contributed by atoms with Crippen molar-refractivity contribution in [2.24, 2.45) is 5.73 Å². The average molecular weight is 289 g/mol. The molecule has 0 radical (unpaired) electrons. The maximum absolute atomic E-state index is 5.84. The third-order valence-electron chi connectivity index (χ3n) is 3.57. The van der Waals surface area contributed by atoms with E-state index in [0.717, 1.165) is 23.5 Å². The number of ether oxygens (including phenoxy) is 1. The van der Waals surface area contributed by atoms with Crippen LogP contribution in [0.5, 0.6) is 11.5 Å². The number of hydrogen-bond acceptors (Lipinski definition) is 2. The molecule has 0 aliphatic carbocycles. The van der Waals surface area contributed by atoms with E-state index in [9.17, 15) is 0 Å². The molecule has 0 unspecified atom stereocenters. The molecule has 2 N–H and O–H groups in total. The van der Waals surface area contributed by atoms with Crippen molar-refractivity contribution in [1.82, 2.24) is 0 Å². The van der Waals surface area contributed by atoms with Crippen molar-refractivity contribution in [3.05, 3.63) is 95.6 Å². The Morgan fingerprint density at radius 3 is 1.64 bits per heavy atom. The highest BCUT2D eigenvalue weighted by molar-refractivity contribution is 5.36. The van der Waals surface area contributed by atoms with Gasteiger partial charge < -0.3 is 10.5 Å². The summed E-state index contributed by atoms with van der Waals surface area (Å²) in [6.45, 7) is 0.550. The fourth-order valence-corrected chi connectivity index (χ4v) is 2.34. The number of hydrogen-bond donors (Lipinski definition) is 1. The predicted molar refractivity (Wildman–Crippen MR) is 90.1 cm³/mol. The second-order valence-electron chi connectivity index (χ2n) is 5.26. The van der Waals surface area contributed by atoms with Gasteiger partial charge in [-0.15, -0.1) is 0 Å². The number of benzene rings is 3. The molecule has 0 aromatic heterocycles.